The standard InChI is InChI=1S/C14H15FN2O2S/c1-9-7-8-12(16)14(10(9)2)20(18,19)17-13-6-4-3-5-11(13)15/h3-8,17H,16H2,1-2H3. The van der Waals surface area contributed by atoms with E-state index in [0.717, 1.165) is 5.56 Å². The van der Waals surface area contributed by atoms with Crippen molar-refractivity contribution in [2.45, 2.75) is 18.7 Å². The van der Waals surface area contributed by atoms with Crippen molar-refractivity contribution in [3.63, 3.8) is 0 Å². The van der Waals surface area contributed by atoms with Crippen molar-refractivity contribution in [3.05, 3.63) is 53.3 Å². The molecule has 0 saturated heterocycles. The summed E-state index contributed by atoms with van der Waals surface area (Å²) in [6, 6.07) is 8.84. The Hall–Kier alpha value is -2.08. The third-order valence-corrected chi connectivity index (χ3v) is 4.66. The number of hydrogen-bond donors (Lipinski definition) is 2. The normalized spacial score (nSPS) is 11.3. The van der Waals surface area contributed by atoms with Gasteiger partial charge in [-0.3, -0.25) is 4.72 Å². The molecule has 0 aliphatic carbocycles. The lowest BCUT2D eigenvalue weighted by Crippen LogP contribution is -2.17. The first-order valence-electron chi connectivity index (χ1n) is 5.96. The number of benzene rings is 2. The van der Waals surface area contributed by atoms with Gasteiger partial charge in [0.05, 0.1) is 11.4 Å². The molecule has 0 unspecified atom stereocenters. The van der Waals surface area contributed by atoms with Crippen molar-refractivity contribution in [2.24, 2.45) is 0 Å². The number of rotatable bonds is 3. The van der Waals surface area contributed by atoms with Gasteiger partial charge in [-0.1, -0.05) is 18.2 Å². The summed E-state index contributed by atoms with van der Waals surface area (Å²) in [7, 11) is -3.93. The van der Waals surface area contributed by atoms with Crippen LogP contribution in [0.25, 0.3) is 0 Å². The van der Waals surface area contributed by atoms with Gasteiger partial charge in [0.15, 0.2) is 0 Å². The van der Waals surface area contributed by atoms with Crippen LogP contribution in [0.2, 0.25) is 0 Å². The smallest absolute Gasteiger partial charge is 0.264 e. The second-order valence-electron chi connectivity index (χ2n) is 4.51. The molecular formula is C14H15FN2O2S. The molecule has 20 heavy (non-hydrogen) atoms. The van der Waals surface area contributed by atoms with Crippen LogP contribution in [-0.2, 0) is 10.0 Å². The Kier molecular flexibility index (Phi) is 3.67. The molecule has 2 aromatic carbocycles. The maximum absolute atomic E-state index is 13.6. The van der Waals surface area contributed by atoms with Gasteiger partial charge >= 0.3 is 0 Å². The van der Waals surface area contributed by atoms with Gasteiger partial charge in [0.25, 0.3) is 10.0 Å². The van der Waals surface area contributed by atoms with E-state index in [2.05, 4.69) is 4.72 Å². The third-order valence-electron chi connectivity index (χ3n) is 3.09. The van der Waals surface area contributed by atoms with Crippen molar-refractivity contribution in [3.8, 4) is 0 Å². The average molecular weight is 294 g/mol. The van der Waals surface area contributed by atoms with Crippen LogP contribution in [-0.4, -0.2) is 8.42 Å². The number of anilines is 2. The molecule has 0 aromatic heterocycles. The van der Waals surface area contributed by atoms with Gasteiger partial charge in [-0.05, 0) is 43.2 Å². The zero-order valence-corrected chi connectivity index (χ0v) is 12.0. The van der Waals surface area contributed by atoms with Gasteiger partial charge < -0.3 is 5.73 Å². The Labute approximate surface area is 117 Å². The predicted octanol–water partition coefficient (Wildman–Crippen LogP) is 2.83. The number of nitrogens with two attached hydrogens (primary N) is 1. The molecule has 4 nitrogen and oxygen atoms in total. The topological polar surface area (TPSA) is 72.2 Å². The Morgan fingerprint density at radius 1 is 1.10 bits per heavy atom. The van der Waals surface area contributed by atoms with Crippen LogP contribution in [0.1, 0.15) is 11.1 Å². The molecule has 0 bridgehead atoms. The molecule has 0 fully saturated rings. The summed E-state index contributed by atoms with van der Waals surface area (Å²) < 4.78 is 40.6. The van der Waals surface area contributed by atoms with Gasteiger partial charge in [0.1, 0.15) is 10.7 Å². The molecule has 0 amide bonds. The van der Waals surface area contributed by atoms with E-state index >= 15 is 0 Å². The zero-order chi connectivity index (χ0) is 14.9. The van der Waals surface area contributed by atoms with Crippen molar-refractivity contribution in [1.29, 1.82) is 0 Å². The lowest BCUT2D eigenvalue weighted by molar-refractivity contribution is 0.598. The Morgan fingerprint density at radius 2 is 1.75 bits per heavy atom. The lowest BCUT2D eigenvalue weighted by Gasteiger charge is -2.14. The number of aryl methyl sites for hydroxylation is 1. The molecule has 0 atom stereocenters. The van der Waals surface area contributed by atoms with E-state index in [-0.39, 0.29) is 16.3 Å². The van der Waals surface area contributed by atoms with Crippen LogP contribution < -0.4 is 10.5 Å². The Balaban J connectivity index is 2.52. The maximum Gasteiger partial charge on any atom is 0.264 e. The summed E-state index contributed by atoms with van der Waals surface area (Å²) in [5, 5.41) is 0. The number of sulfonamides is 1. The van der Waals surface area contributed by atoms with E-state index in [1.54, 1.807) is 26.0 Å². The van der Waals surface area contributed by atoms with Crippen LogP contribution in [0.3, 0.4) is 0 Å². The van der Waals surface area contributed by atoms with Crippen LogP contribution in [0.4, 0.5) is 15.8 Å². The zero-order valence-electron chi connectivity index (χ0n) is 11.1. The first-order chi connectivity index (χ1) is 9.33. The fourth-order valence-corrected chi connectivity index (χ4v) is 3.41. The second kappa shape index (κ2) is 5.13. The molecule has 2 rings (SSSR count). The SMILES string of the molecule is Cc1ccc(N)c(S(=O)(=O)Nc2ccccc2F)c1C. The van der Waals surface area contributed by atoms with Crippen molar-refractivity contribution in [2.75, 3.05) is 10.5 Å². The summed E-state index contributed by atoms with van der Waals surface area (Å²) in [6.07, 6.45) is 0. The summed E-state index contributed by atoms with van der Waals surface area (Å²) >= 11 is 0. The van der Waals surface area contributed by atoms with Crippen LogP contribution in [0.5, 0.6) is 0 Å². The molecular weight excluding hydrogens is 279 g/mol. The van der Waals surface area contributed by atoms with Crippen LogP contribution in [0, 0.1) is 19.7 Å². The van der Waals surface area contributed by atoms with Crippen LogP contribution in [0.15, 0.2) is 41.3 Å². The molecule has 0 heterocycles. The number of para-hydroxylation sites is 1. The fourth-order valence-electron chi connectivity index (χ4n) is 1.91. The van der Waals surface area contributed by atoms with Crippen molar-refractivity contribution in [1.82, 2.24) is 0 Å². The van der Waals surface area contributed by atoms with Gasteiger partial charge in [-0.25, -0.2) is 12.8 Å². The summed E-state index contributed by atoms with van der Waals surface area (Å²) in [5.74, 6) is -0.639. The van der Waals surface area contributed by atoms with Gasteiger partial charge in [-0.15, -0.1) is 0 Å². The molecule has 106 valence electrons. The molecule has 6 heteroatoms. The molecule has 0 aliphatic heterocycles. The third kappa shape index (κ3) is 2.60. The first-order valence-corrected chi connectivity index (χ1v) is 7.44. The van der Waals surface area contributed by atoms with Gasteiger partial charge in [0.2, 0.25) is 0 Å². The minimum atomic E-state index is -3.93. The average Bonchev–Trinajstić information content (AvgIpc) is 2.37. The van der Waals surface area contributed by atoms with E-state index in [9.17, 15) is 12.8 Å². The predicted molar refractivity (Wildman–Crippen MR) is 77.5 cm³/mol. The largest absolute Gasteiger partial charge is 0.398 e. The summed E-state index contributed by atoms with van der Waals surface area (Å²) in [6.45, 7) is 3.46. The van der Waals surface area contributed by atoms with Crippen LogP contribution >= 0.6 is 0 Å². The van der Waals surface area contributed by atoms with Crippen molar-refractivity contribution < 1.29 is 12.8 Å². The van der Waals surface area contributed by atoms with E-state index in [1.165, 1.54) is 24.3 Å². The lowest BCUT2D eigenvalue weighted by atomic mass is 10.1. The quantitative estimate of drug-likeness (QED) is 0.855. The molecule has 2 aromatic rings. The Bertz CT molecular complexity index is 758. The molecule has 3 N–H and O–H groups in total. The number of nitrogens with one attached hydrogen (secondary N) is 1. The minimum absolute atomic E-state index is 0.0132. The summed E-state index contributed by atoms with van der Waals surface area (Å²) in [4.78, 5) is -0.0132. The number of hydrogen-bond acceptors (Lipinski definition) is 3. The van der Waals surface area contributed by atoms with Gasteiger partial charge in [-0.2, -0.15) is 0 Å². The first kappa shape index (κ1) is 14.3. The minimum Gasteiger partial charge on any atom is -0.398 e. The van der Waals surface area contributed by atoms with Gasteiger partial charge in [0, 0.05) is 0 Å². The highest BCUT2D eigenvalue weighted by molar-refractivity contribution is 7.93. The number of nitrogen functional groups attached to an aromatic ring is 1. The second-order valence-corrected chi connectivity index (χ2v) is 6.13. The maximum atomic E-state index is 13.6. The van der Waals surface area contributed by atoms with E-state index in [1.807, 2.05) is 0 Å². The summed E-state index contributed by atoms with van der Waals surface area (Å²) in [5.41, 5.74) is 7.14. The molecule has 0 aliphatic rings. The Morgan fingerprint density at radius 3 is 2.40 bits per heavy atom. The molecule has 0 spiro atoms. The van der Waals surface area contributed by atoms with E-state index in [4.69, 9.17) is 5.73 Å². The van der Waals surface area contributed by atoms with E-state index < -0.39 is 15.8 Å². The van der Waals surface area contributed by atoms with Crippen molar-refractivity contribution >= 4 is 21.4 Å². The monoisotopic (exact) mass is 294 g/mol. The number of halogens is 1. The molecule has 0 saturated carbocycles. The molecule has 0 radical (unpaired) electrons. The van der Waals surface area contributed by atoms with E-state index in [0.29, 0.717) is 5.56 Å². The highest BCUT2D eigenvalue weighted by Gasteiger charge is 2.22. The highest BCUT2D eigenvalue weighted by Crippen LogP contribution is 2.27. The highest BCUT2D eigenvalue weighted by atomic mass is 32.2. The fraction of sp³-hybridized carbons (Fsp3) is 0.143.